The normalized spacial score (nSPS) is 11.8. The molecule has 2 N–H and O–H groups in total. The van der Waals surface area contributed by atoms with Crippen LogP contribution >= 0.6 is 11.6 Å². The number of ether oxygens (including phenoxy) is 1. The van der Waals surface area contributed by atoms with Gasteiger partial charge in [0.15, 0.2) is 0 Å². The van der Waals surface area contributed by atoms with E-state index < -0.39 is 12.0 Å². The van der Waals surface area contributed by atoms with Gasteiger partial charge in [-0.15, -0.1) is 0 Å². The third kappa shape index (κ3) is 6.21. The molecule has 5 nitrogen and oxygen atoms in total. The number of methoxy groups -OCH3 is 1. The molecule has 0 saturated heterocycles. The van der Waals surface area contributed by atoms with E-state index in [9.17, 15) is 9.59 Å². The lowest BCUT2D eigenvalue weighted by Gasteiger charge is -2.18. The fourth-order valence-corrected chi connectivity index (χ4v) is 2.67. The monoisotopic (exact) mass is 361 g/mol. The van der Waals surface area contributed by atoms with E-state index in [1.807, 2.05) is 24.3 Å². The summed E-state index contributed by atoms with van der Waals surface area (Å²) in [4.78, 5) is 23.5. The number of amides is 1. The second kappa shape index (κ2) is 9.20. The second-order valence-electron chi connectivity index (χ2n) is 5.70. The van der Waals surface area contributed by atoms with Crippen molar-refractivity contribution in [2.24, 2.45) is 0 Å². The van der Waals surface area contributed by atoms with Gasteiger partial charge in [0, 0.05) is 12.1 Å². The van der Waals surface area contributed by atoms with Gasteiger partial charge in [0.1, 0.15) is 0 Å². The van der Waals surface area contributed by atoms with Gasteiger partial charge in [-0.25, -0.2) is 0 Å². The van der Waals surface area contributed by atoms with E-state index in [1.165, 1.54) is 0 Å². The van der Waals surface area contributed by atoms with Gasteiger partial charge in [0.05, 0.1) is 25.5 Å². The second-order valence-corrected chi connectivity index (χ2v) is 6.14. The highest BCUT2D eigenvalue weighted by Gasteiger charge is 2.18. The highest BCUT2D eigenvalue weighted by Crippen LogP contribution is 2.20. The van der Waals surface area contributed by atoms with Crippen molar-refractivity contribution >= 4 is 23.5 Å². The Morgan fingerprint density at radius 2 is 1.84 bits per heavy atom. The third-order valence-corrected chi connectivity index (χ3v) is 3.91. The van der Waals surface area contributed by atoms with Crippen molar-refractivity contribution in [3.63, 3.8) is 0 Å². The highest BCUT2D eigenvalue weighted by molar-refractivity contribution is 6.30. The van der Waals surface area contributed by atoms with E-state index >= 15 is 0 Å². The van der Waals surface area contributed by atoms with Crippen molar-refractivity contribution < 1.29 is 19.4 Å². The van der Waals surface area contributed by atoms with Gasteiger partial charge in [0.25, 0.3) is 0 Å². The number of carbonyl (C=O) groups is 2. The Balaban J connectivity index is 2.07. The number of carboxylic acids is 1. The molecule has 0 spiro atoms. The molecule has 0 aliphatic carbocycles. The van der Waals surface area contributed by atoms with Crippen LogP contribution in [0, 0.1) is 0 Å². The van der Waals surface area contributed by atoms with E-state index in [0.717, 1.165) is 11.1 Å². The first-order valence-electron chi connectivity index (χ1n) is 7.81. The third-order valence-electron chi connectivity index (χ3n) is 3.65. The van der Waals surface area contributed by atoms with Crippen LogP contribution in [-0.4, -0.2) is 24.1 Å². The summed E-state index contributed by atoms with van der Waals surface area (Å²) in [5.74, 6) is -1.22. The lowest BCUT2D eigenvalue weighted by Crippen LogP contribution is -2.31. The number of nitrogens with one attached hydrogen (secondary N) is 1. The summed E-state index contributed by atoms with van der Waals surface area (Å²) in [6.07, 6.45) is -0.0294. The Bertz CT molecular complexity index is 730. The quantitative estimate of drug-likeness (QED) is 0.756. The predicted molar refractivity (Wildman–Crippen MR) is 95.4 cm³/mol. The minimum atomic E-state index is -0.984. The lowest BCUT2D eigenvalue weighted by molar-refractivity contribution is -0.137. The fourth-order valence-electron chi connectivity index (χ4n) is 2.55. The topological polar surface area (TPSA) is 75.6 Å². The van der Waals surface area contributed by atoms with Gasteiger partial charge >= 0.3 is 5.97 Å². The van der Waals surface area contributed by atoms with E-state index in [1.54, 1.807) is 31.4 Å². The maximum atomic E-state index is 12.4. The number of hydrogen-bond acceptors (Lipinski definition) is 3. The number of carbonyl (C=O) groups excluding carboxylic acids is 1. The molecule has 0 aromatic heterocycles. The molecule has 0 unspecified atom stereocenters. The minimum absolute atomic E-state index is 0.168. The standard InChI is InChI=1S/C19H20ClNO4/c1-25-12-14-4-2-3-13(9-14)10-18(22)21-17(11-19(23)24)15-5-7-16(20)8-6-15/h2-9,17H,10-12H2,1H3,(H,21,22)(H,23,24)/t17-/m0/s1. The zero-order valence-corrected chi connectivity index (χ0v) is 14.6. The van der Waals surface area contributed by atoms with Crippen LogP contribution in [0.4, 0.5) is 0 Å². The first-order chi connectivity index (χ1) is 12.0. The summed E-state index contributed by atoms with van der Waals surface area (Å²) in [6.45, 7) is 0.474. The molecule has 25 heavy (non-hydrogen) atoms. The lowest BCUT2D eigenvalue weighted by atomic mass is 10.0. The molecule has 0 aliphatic heterocycles. The van der Waals surface area contributed by atoms with Crippen molar-refractivity contribution in [3.05, 3.63) is 70.2 Å². The molecule has 2 aromatic carbocycles. The van der Waals surface area contributed by atoms with Crippen molar-refractivity contribution in [1.82, 2.24) is 5.32 Å². The Morgan fingerprint density at radius 3 is 2.48 bits per heavy atom. The Labute approximate surface area is 151 Å². The van der Waals surface area contributed by atoms with Gasteiger partial charge in [0.2, 0.25) is 5.91 Å². The van der Waals surface area contributed by atoms with Crippen LogP contribution in [-0.2, 0) is 27.4 Å². The molecule has 1 atom stereocenters. The van der Waals surface area contributed by atoms with Crippen LogP contribution in [0.3, 0.4) is 0 Å². The fraction of sp³-hybridized carbons (Fsp3) is 0.263. The van der Waals surface area contributed by atoms with Gasteiger partial charge in [-0.3, -0.25) is 9.59 Å². The molecule has 132 valence electrons. The van der Waals surface area contributed by atoms with E-state index in [0.29, 0.717) is 17.2 Å². The number of carboxylic acid groups (broad SMARTS) is 1. The Kier molecular flexibility index (Phi) is 6.98. The molecule has 2 rings (SSSR count). The minimum Gasteiger partial charge on any atom is -0.481 e. The number of rotatable bonds is 8. The Hall–Kier alpha value is -2.37. The Morgan fingerprint density at radius 1 is 1.16 bits per heavy atom. The van der Waals surface area contributed by atoms with Crippen LogP contribution in [0.25, 0.3) is 0 Å². The van der Waals surface area contributed by atoms with Crippen molar-refractivity contribution in [2.75, 3.05) is 7.11 Å². The van der Waals surface area contributed by atoms with Crippen molar-refractivity contribution in [2.45, 2.75) is 25.5 Å². The smallest absolute Gasteiger partial charge is 0.305 e. The van der Waals surface area contributed by atoms with E-state index in [2.05, 4.69) is 5.32 Å². The molecule has 0 aliphatic rings. The van der Waals surface area contributed by atoms with Gasteiger partial charge in [-0.05, 0) is 28.8 Å². The maximum Gasteiger partial charge on any atom is 0.305 e. The van der Waals surface area contributed by atoms with Gasteiger partial charge < -0.3 is 15.2 Å². The number of benzene rings is 2. The summed E-state index contributed by atoms with van der Waals surface area (Å²) in [5.41, 5.74) is 2.53. The van der Waals surface area contributed by atoms with Crippen LogP contribution in [0.5, 0.6) is 0 Å². The van der Waals surface area contributed by atoms with E-state index in [4.69, 9.17) is 21.4 Å². The first-order valence-corrected chi connectivity index (χ1v) is 8.19. The van der Waals surface area contributed by atoms with Crippen molar-refractivity contribution in [1.29, 1.82) is 0 Å². The number of halogens is 1. The average molecular weight is 362 g/mol. The summed E-state index contributed by atoms with van der Waals surface area (Å²) in [6, 6.07) is 13.7. The van der Waals surface area contributed by atoms with Crippen molar-refractivity contribution in [3.8, 4) is 0 Å². The van der Waals surface area contributed by atoms with Crippen LogP contribution in [0.2, 0.25) is 5.02 Å². The van der Waals surface area contributed by atoms with E-state index in [-0.39, 0.29) is 18.7 Å². The molecular formula is C19H20ClNO4. The van der Waals surface area contributed by atoms with Gasteiger partial charge in [-0.2, -0.15) is 0 Å². The predicted octanol–water partition coefficient (Wildman–Crippen LogP) is 3.36. The van der Waals surface area contributed by atoms with Crippen LogP contribution in [0.15, 0.2) is 48.5 Å². The molecular weight excluding hydrogens is 342 g/mol. The van der Waals surface area contributed by atoms with Crippen LogP contribution < -0.4 is 5.32 Å². The molecule has 0 radical (unpaired) electrons. The molecule has 0 saturated carbocycles. The maximum absolute atomic E-state index is 12.4. The summed E-state index contributed by atoms with van der Waals surface area (Å²) in [7, 11) is 1.61. The molecule has 0 heterocycles. The number of aliphatic carboxylic acids is 1. The average Bonchev–Trinajstić information content (AvgIpc) is 2.55. The highest BCUT2D eigenvalue weighted by atomic mass is 35.5. The molecule has 6 heteroatoms. The summed E-state index contributed by atoms with van der Waals surface area (Å²) >= 11 is 5.86. The number of hydrogen-bond donors (Lipinski definition) is 2. The molecule has 2 aromatic rings. The zero-order chi connectivity index (χ0) is 18.2. The molecule has 0 fully saturated rings. The van der Waals surface area contributed by atoms with Crippen LogP contribution in [0.1, 0.15) is 29.2 Å². The van der Waals surface area contributed by atoms with Gasteiger partial charge in [-0.1, -0.05) is 48.0 Å². The largest absolute Gasteiger partial charge is 0.481 e. The first kappa shape index (κ1) is 19.0. The molecule has 1 amide bonds. The summed E-state index contributed by atoms with van der Waals surface area (Å²) in [5, 5.41) is 12.5. The zero-order valence-electron chi connectivity index (χ0n) is 13.9. The molecule has 0 bridgehead atoms. The summed E-state index contributed by atoms with van der Waals surface area (Å²) < 4.78 is 5.09. The SMILES string of the molecule is COCc1cccc(CC(=O)N[C@@H](CC(=O)O)c2ccc(Cl)cc2)c1.